The number of amides is 4. The maximum Gasteiger partial charge on any atom is 0.257 e. The summed E-state index contributed by atoms with van der Waals surface area (Å²) in [5.41, 5.74) is 1.77. The fraction of sp³-hybridized carbons (Fsp3) is 0.537. The SMILES string of the molecule is C[C@@H](OCc1ccccc1)[C@H](NC(=O)C1CN(C(=O)c2cnn(Cc3ccccc3)c2)CC12CN(C(=O)[C@H]1CC1(C)C)C2)C(=O)N1CCCC(CO)C1. The minimum absolute atomic E-state index is 0.00621. The van der Waals surface area contributed by atoms with Crippen molar-refractivity contribution < 1.29 is 29.0 Å². The third-order valence-electron chi connectivity index (χ3n) is 11.9. The van der Waals surface area contributed by atoms with Crippen molar-refractivity contribution in [2.45, 2.75) is 65.3 Å². The zero-order valence-electron chi connectivity index (χ0n) is 31.0. The highest BCUT2D eigenvalue weighted by Gasteiger charge is 2.62. The summed E-state index contributed by atoms with van der Waals surface area (Å²) in [6.07, 6.45) is 5.08. The Hall–Kier alpha value is -4.55. The van der Waals surface area contributed by atoms with Crippen molar-refractivity contribution >= 4 is 23.6 Å². The van der Waals surface area contributed by atoms with Gasteiger partial charge in [0.15, 0.2) is 0 Å². The molecule has 3 saturated heterocycles. The van der Waals surface area contributed by atoms with E-state index in [9.17, 15) is 24.3 Å². The molecule has 2 aromatic carbocycles. The first-order chi connectivity index (χ1) is 25.5. The molecular weight excluding hydrogens is 672 g/mol. The minimum Gasteiger partial charge on any atom is -0.396 e. The molecule has 12 nitrogen and oxygen atoms in total. The van der Waals surface area contributed by atoms with Gasteiger partial charge in [0.05, 0.1) is 36.9 Å². The van der Waals surface area contributed by atoms with Crippen LogP contribution in [0.2, 0.25) is 0 Å². The van der Waals surface area contributed by atoms with E-state index >= 15 is 0 Å². The first kappa shape index (κ1) is 36.8. The van der Waals surface area contributed by atoms with Gasteiger partial charge in [0, 0.05) is 63.4 Å². The smallest absolute Gasteiger partial charge is 0.257 e. The number of piperidine rings is 1. The van der Waals surface area contributed by atoms with Gasteiger partial charge in [-0.2, -0.15) is 5.10 Å². The summed E-state index contributed by atoms with van der Waals surface area (Å²) in [7, 11) is 0. The van der Waals surface area contributed by atoms with Crippen molar-refractivity contribution in [2.24, 2.45) is 28.6 Å². The van der Waals surface area contributed by atoms with E-state index in [2.05, 4.69) is 24.3 Å². The molecule has 4 amide bonds. The van der Waals surface area contributed by atoms with Crippen LogP contribution in [0.4, 0.5) is 0 Å². The number of nitrogens with one attached hydrogen (secondary N) is 1. The molecule has 4 fully saturated rings. The fourth-order valence-electron chi connectivity index (χ4n) is 8.44. The highest BCUT2D eigenvalue weighted by molar-refractivity contribution is 5.96. The molecule has 12 heteroatoms. The number of benzene rings is 2. The van der Waals surface area contributed by atoms with E-state index < -0.39 is 23.5 Å². The van der Waals surface area contributed by atoms with Crippen molar-refractivity contribution in [1.29, 1.82) is 0 Å². The number of aromatic nitrogens is 2. The van der Waals surface area contributed by atoms with Crippen LogP contribution in [0.5, 0.6) is 0 Å². The van der Waals surface area contributed by atoms with E-state index in [1.165, 1.54) is 0 Å². The second-order valence-corrected chi connectivity index (χ2v) is 16.4. The Balaban J connectivity index is 1.10. The molecule has 1 aliphatic carbocycles. The zero-order valence-corrected chi connectivity index (χ0v) is 31.0. The summed E-state index contributed by atoms with van der Waals surface area (Å²) < 4.78 is 7.97. The Bertz CT molecular complexity index is 1790. The number of rotatable bonds is 12. The number of likely N-dealkylation sites (tertiary alicyclic amines) is 3. The van der Waals surface area contributed by atoms with Crippen LogP contribution in [0.15, 0.2) is 73.1 Å². The van der Waals surface area contributed by atoms with E-state index in [0.29, 0.717) is 44.8 Å². The predicted molar refractivity (Wildman–Crippen MR) is 197 cm³/mol. The molecule has 7 rings (SSSR count). The third kappa shape index (κ3) is 7.89. The lowest BCUT2D eigenvalue weighted by atomic mass is 9.70. The van der Waals surface area contributed by atoms with Crippen LogP contribution in [-0.2, 0) is 32.3 Å². The van der Waals surface area contributed by atoms with Crippen molar-refractivity contribution in [1.82, 2.24) is 29.8 Å². The lowest BCUT2D eigenvalue weighted by Gasteiger charge is -2.50. The van der Waals surface area contributed by atoms with Crippen molar-refractivity contribution in [3.05, 3.63) is 89.7 Å². The Morgan fingerprint density at radius 3 is 2.25 bits per heavy atom. The molecule has 1 spiro atoms. The lowest BCUT2D eigenvalue weighted by Crippen LogP contribution is -2.65. The number of nitrogens with zero attached hydrogens (tertiary/aromatic N) is 5. The first-order valence-corrected chi connectivity index (χ1v) is 19.0. The Morgan fingerprint density at radius 2 is 1.58 bits per heavy atom. The minimum atomic E-state index is -0.980. The molecule has 3 aliphatic heterocycles. The quantitative estimate of drug-likeness (QED) is 0.293. The molecule has 0 bridgehead atoms. The number of carbonyl (C=O) groups excluding carboxylic acids is 4. The van der Waals surface area contributed by atoms with E-state index in [1.807, 2.05) is 65.6 Å². The molecule has 0 radical (unpaired) electrons. The van der Waals surface area contributed by atoms with Gasteiger partial charge in [-0.3, -0.25) is 23.9 Å². The van der Waals surface area contributed by atoms with Crippen molar-refractivity contribution in [3.8, 4) is 0 Å². The molecule has 4 heterocycles. The summed E-state index contributed by atoms with van der Waals surface area (Å²) in [6, 6.07) is 18.6. The van der Waals surface area contributed by atoms with Gasteiger partial charge in [0.25, 0.3) is 5.91 Å². The Kier molecular flexibility index (Phi) is 10.5. The van der Waals surface area contributed by atoms with Crippen LogP contribution in [0, 0.1) is 28.6 Å². The molecule has 1 aromatic heterocycles. The van der Waals surface area contributed by atoms with Crippen molar-refractivity contribution in [3.63, 3.8) is 0 Å². The maximum atomic E-state index is 14.6. The Morgan fingerprint density at radius 1 is 0.925 bits per heavy atom. The van der Waals surface area contributed by atoms with Crippen molar-refractivity contribution in [2.75, 3.05) is 45.9 Å². The van der Waals surface area contributed by atoms with E-state index in [4.69, 9.17) is 4.74 Å². The van der Waals surface area contributed by atoms with Crippen LogP contribution >= 0.6 is 0 Å². The average molecular weight is 725 g/mol. The predicted octanol–water partition coefficient (Wildman–Crippen LogP) is 3.20. The van der Waals surface area contributed by atoms with Crippen LogP contribution in [0.1, 0.15) is 61.5 Å². The average Bonchev–Trinajstić information content (AvgIpc) is 3.45. The number of hydrogen-bond donors (Lipinski definition) is 2. The van der Waals surface area contributed by atoms with Crippen LogP contribution in [0.25, 0.3) is 0 Å². The molecule has 2 N–H and O–H groups in total. The number of aliphatic hydroxyl groups is 1. The molecule has 1 saturated carbocycles. The normalized spacial score (nSPS) is 24.0. The molecular formula is C41H52N6O6. The van der Waals surface area contributed by atoms with Crippen LogP contribution in [0.3, 0.4) is 0 Å². The summed E-state index contributed by atoms with van der Waals surface area (Å²) in [4.78, 5) is 61.5. The van der Waals surface area contributed by atoms with E-state index in [0.717, 1.165) is 30.4 Å². The second kappa shape index (κ2) is 15.1. The highest BCUT2D eigenvalue weighted by atomic mass is 16.5. The zero-order chi connectivity index (χ0) is 37.3. The van der Waals surface area contributed by atoms with E-state index in [-0.39, 0.29) is 60.6 Å². The van der Waals surface area contributed by atoms with Gasteiger partial charge in [0.2, 0.25) is 17.7 Å². The first-order valence-electron chi connectivity index (χ1n) is 19.0. The van der Waals surface area contributed by atoms with Gasteiger partial charge in [-0.25, -0.2) is 0 Å². The van der Waals surface area contributed by atoms with Gasteiger partial charge in [0.1, 0.15) is 6.04 Å². The standard InChI is InChI=1S/C41H52N6O6/c1-28(53-24-30-13-8-5-9-14-30)35(39(52)44-16-10-15-31(19-44)23-48)43-36(49)34-22-45(25-41(34)26-46(27-41)38(51)33-17-40(33,2)3)37(50)32-18-42-47(21-32)20-29-11-6-4-7-12-29/h4-9,11-14,18,21,28,31,33-35,48H,10,15-17,19-20,22-27H2,1-3H3,(H,43,49)/t28-,31?,33-,34?,35+/m1/s1. The molecule has 4 aliphatic rings. The largest absolute Gasteiger partial charge is 0.396 e. The molecule has 3 aromatic rings. The summed E-state index contributed by atoms with van der Waals surface area (Å²) in [5, 5.41) is 17.4. The van der Waals surface area contributed by atoms with Gasteiger partial charge in [-0.1, -0.05) is 74.5 Å². The summed E-state index contributed by atoms with van der Waals surface area (Å²) >= 11 is 0. The van der Waals surface area contributed by atoms with Gasteiger partial charge >= 0.3 is 0 Å². The molecule has 2 unspecified atom stereocenters. The summed E-state index contributed by atoms with van der Waals surface area (Å²) in [5.74, 6) is -1.39. The fourth-order valence-corrected chi connectivity index (χ4v) is 8.44. The van der Waals surface area contributed by atoms with Crippen LogP contribution < -0.4 is 5.32 Å². The number of ether oxygens (including phenoxy) is 1. The van der Waals surface area contributed by atoms with Gasteiger partial charge in [-0.05, 0) is 48.6 Å². The highest BCUT2D eigenvalue weighted by Crippen LogP contribution is 2.54. The maximum absolute atomic E-state index is 14.6. The van der Waals surface area contributed by atoms with Crippen LogP contribution in [-0.4, -0.2) is 111 Å². The topological polar surface area (TPSA) is 137 Å². The third-order valence-corrected chi connectivity index (χ3v) is 11.9. The number of carbonyl (C=O) groups is 4. The second-order valence-electron chi connectivity index (χ2n) is 16.4. The van der Waals surface area contributed by atoms with Gasteiger partial charge in [-0.15, -0.1) is 0 Å². The molecule has 5 atom stereocenters. The number of hydrogen-bond acceptors (Lipinski definition) is 7. The lowest BCUT2D eigenvalue weighted by molar-refractivity contribution is -0.153. The Labute approximate surface area is 311 Å². The molecule has 53 heavy (non-hydrogen) atoms. The summed E-state index contributed by atoms with van der Waals surface area (Å²) in [6.45, 7) is 8.93. The number of aliphatic hydroxyl groups excluding tert-OH is 1. The molecule has 282 valence electrons. The monoisotopic (exact) mass is 724 g/mol. The van der Waals surface area contributed by atoms with E-state index in [1.54, 1.807) is 33.8 Å². The van der Waals surface area contributed by atoms with Gasteiger partial charge < -0.3 is 29.9 Å².